The molecule has 0 aliphatic heterocycles. The predicted octanol–water partition coefficient (Wildman–Crippen LogP) is 2.07. The van der Waals surface area contributed by atoms with E-state index in [1.54, 1.807) is 24.5 Å². The molecule has 2 rings (SSSR count). The molecule has 0 atom stereocenters. The average Bonchev–Trinajstić information content (AvgIpc) is 2.32. The van der Waals surface area contributed by atoms with Gasteiger partial charge in [-0.1, -0.05) is 0 Å². The maximum atomic E-state index is 11.8. The van der Waals surface area contributed by atoms with E-state index in [1.807, 2.05) is 0 Å². The van der Waals surface area contributed by atoms with Crippen LogP contribution >= 0.6 is 15.9 Å². The molecule has 86 valence electrons. The predicted molar refractivity (Wildman–Crippen MR) is 68.5 cm³/mol. The lowest BCUT2D eigenvalue weighted by Crippen LogP contribution is -2.14. The summed E-state index contributed by atoms with van der Waals surface area (Å²) < 4.78 is 0.706. The van der Waals surface area contributed by atoms with Crippen molar-refractivity contribution >= 4 is 33.2 Å². The number of hydrogen-bond donors (Lipinski definition) is 2. The van der Waals surface area contributed by atoms with Crippen molar-refractivity contribution in [2.45, 2.75) is 0 Å². The molecule has 2 aromatic rings. The molecule has 6 heteroatoms. The molecule has 0 bridgehead atoms. The van der Waals surface area contributed by atoms with Crippen molar-refractivity contribution in [3.05, 3.63) is 47.0 Å². The van der Waals surface area contributed by atoms with Gasteiger partial charge in [-0.15, -0.1) is 0 Å². The Bertz CT molecular complexity index is 559. The van der Waals surface area contributed by atoms with Crippen LogP contribution in [-0.4, -0.2) is 15.9 Å². The zero-order valence-electron chi connectivity index (χ0n) is 8.72. The van der Waals surface area contributed by atoms with Crippen molar-refractivity contribution < 1.29 is 4.79 Å². The van der Waals surface area contributed by atoms with E-state index in [0.717, 1.165) is 0 Å². The number of halogens is 1. The Kier molecular flexibility index (Phi) is 3.34. The van der Waals surface area contributed by atoms with Crippen molar-refractivity contribution in [1.29, 1.82) is 0 Å². The van der Waals surface area contributed by atoms with E-state index in [-0.39, 0.29) is 11.6 Å². The standard InChI is InChI=1S/C11H9BrN4O/c12-8-6-14-3-2-9(8)16-11(17)10-5-7(13)1-4-15-10/h1-6H,(H2,13,15)(H,14,16,17). The molecule has 0 aliphatic rings. The molecular weight excluding hydrogens is 284 g/mol. The first-order valence-electron chi connectivity index (χ1n) is 4.79. The fourth-order valence-electron chi connectivity index (χ4n) is 1.23. The van der Waals surface area contributed by atoms with Gasteiger partial charge in [-0.3, -0.25) is 14.8 Å². The summed E-state index contributed by atoms with van der Waals surface area (Å²) in [6.07, 6.45) is 4.68. The molecule has 17 heavy (non-hydrogen) atoms. The van der Waals surface area contributed by atoms with E-state index >= 15 is 0 Å². The first-order chi connectivity index (χ1) is 8.16. The van der Waals surface area contributed by atoms with Crippen LogP contribution in [0.15, 0.2) is 41.3 Å². The lowest BCUT2D eigenvalue weighted by Gasteiger charge is -2.06. The van der Waals surface area contributed by atoms with Crippen molar-refractivity contribution in [3.63, 3.8) is 0 Å². The number of pyridine rings is 2. The van der Waals surface area contributed by atoms with Gasteiger partial charge in [0, 0.05) is 24.3 Å². The molecule has 3 N–H and O–H groups in total. The van der Waals surface area contributed by atoms with Crippen LogP contribution < -0.4 is 11.1 Å². The lowest BCUT2D eigenvalue weighted by atomic mass is 10.3. The van der Waals surface area contributed by atoms with Gasteiger partial charge in [0.05, 0.1) is 10.2 Å². The van der Waals surface area contributed by atoms with Crippen molar-refractivity contribution in [2.75, 3.05) is 11.1 Å². The molecule has 0 aliphatic carbocycles. The van der Waals surface area contributed by atoms with Gasteiger partial charge in [0.25, 0.3) is 5.91 Å². The Morgan fingerprint density at radius 3 is 2.88 bits per heavy atom. The summed E-state index contributed by atoms with van der Waals surface area (Å²) in [5.41, 5.74) is 6.98. The largest absolute Gasteiger partial charge is 0.399 e. The quantitative estimate of drug-likeness (QED) is 0.888. The molecule has 5 nitrogen and oxygen atoms in total. The minimum atomic E-state index is -0.316. The number of hydrogen-bond acceptors (Lipinski definition) is 4. The maximum absolute atomic E-state index is 11.8. The van der Waals surface area contributed by atoms with Crippen LogP contribution in [0.5, 0.6) is 0 Å². The molecule has 1 amide bonds. The zero-order valence-corrected chi connectivity index (χ0v) is 10.3. The second-order valence-corrected chi connectivity index (χ2v) is 4.14. The average molecular weight is 293 g/mol. The number of nitrogen functional groups attached to an aromatic ring is 1. The summed E-state index contributed by atoms with van der Waals surface area (Å²) in [4.78, 5) is 19.7. The monoisotopic (exact) mass is 292 g/mol. The third kappa shape index (κ3) is 2.79. The van der Waals surface area contributed by atoms with Crippen molar-refractivity contribution in [2.24, 2.45) is 0 Å². The first-order valence-corrected chi connectivity index (χ1v) is 5.58. The van der Waals surface area contributed by atoms with Crippen LogP contribution in [0.2, 0.25) is 0 Å². The summed E-state index contributed by atoms with van der Waals surface area (Å²) in [6, 6.07) is 4.83. The number of rotatable bonds is 2. The Labute approximate surface area is 106 Å². The highest BCUT2D eigenvalue weighted by Crippen LogP contribution is 2.20. The van der Waals surface area contributed by atoms with E-state index in [0.29, 0.717) is 15.8 Å². The van der Waals surface area contributed by atoms with Gasteiger partial charge in [0.15, 0.2) is 0 Å². The zero-order chi connectivity index (χ0) is 12.3. The highest BCUT2D eigenvalue weighted by atomic mass is 79.9. The van der Waals surface area contributed by atoms with Crippen LogP contribution in [0.1, 0.15) is 10.5 Å². The van der Waals surface area contributed by atoms with Crippen LogP contribution in [0.25, 0.3) is 0 Å². The number of carbonyl (C=O) groups is 1. The van der Waals surface area contributed by atoms with Gasteiger partial charge in [-0.05, 0) is 34.1 Å². The summed E-state index contributed by atoms with van der Waals surface area (Å²) >= 11 is 3.29. The number of nitrogens with one attached hydrogen (secondary N) is 1. The molecule has 2 heterocycles. The van der Waals surface area contributed by atoms with Crippen molar-refractivity contribution in [3.8, 4) is 0 Å². The number of amides is 1. The Hall–Kier alpha value is -1.95. The topological polar surface area (TPSA) is 80.9 Å². The summed E-state index contributed by atoms with van der Waals surface area (Å²) in [7, 11) is 0. The summed E-state index contributed by atoms with van der Waals surface area (Å²) in [5, 5.41) is 2.71. The van der Waals surface area contributed by atoms with Gasteiger partial charge in [-0.2, -0.15) is 0 Å². The second-order valence-electron chi connectivity index (χ2n) is 3.28. The molecule has 0 spiro atoms. The fraction of sp³-hybridized carbons (Fsp3) is 0. The first kappa shape index (κ1) is 11.5. The number of carbonyl (C=O) groups excluding carboxylic acids is 1. The normalized spacial score (nSPS) is 9.94. The minimum absolute atomic E-state index is 0.272. The molecular formula is C11H9BrN4O. The smallest absolute Gasteiger partial charge is 0.274 e. The Balaban J connectivity index is 2.20. The molecule has 0 saturated heterocycles. The third-order valence-corrected chi connectivity index (χ3v) is 2.67. The van der Waals surface area contributed by atoms with Gasteiger partial charge < -0.3 is 11.1 Å². The highest BCUT2D eigenvalue weighted by Gasteiger charge is 2.09. The third-order valence-electron chi connectivity index (χ3n) is 2.04. The van der Waals surface area contributed by atoms with E-state index in [4.69, 9.17) is 5.73 Å². The van der Waals surface area contributed by atoms with E-state index in [1.165, 1.54) is 12.3 Å². The molecule has 0 radical (unpaired) electrons. The van der Waals surface area contributed by atoms with Gasteiger partial charge >= 0.3 is 0 Å². The number of anilines is 2. The van der Waals surface area contributed by atoms with Crippen LogP contribution in [-0.2, 0) is 0 Å². The second kappa shape index (κ2) is 4.92. The SMILES string of the molecule is Nc1ccnc(C(=O)Nc2ccncc2Br)c1. The molecule has 2 aromatic heterocycles. The Morgan fingerprint density at radius 1 is 1.35 bits per heavy atom. The van der Waals surface area contributed by atoms with Crippen LogP contribution in [0.3, 0.4) is 0 Å². The Morgan fingerprint density at radius 2 is 2.18 bits per heavy atom. The molecule has 0 saturated carbocycles. The molecule has 0 aromatic carbocycles. The van der Waals surface area contributed by atoms with E-state index in [2.05, 4.69) is 31.2 Å². The van der Waals surface area contributed by atoms with Crippen molar-refractivity contribution in [1.82, 2.24) is 9.97 Å². The van der Waals surface area contributed by atoms with Gasteiger partial charge in [-0.25, -0.2) is 0 Å². The molecule has 0 fully saturated rings. The van der Waals surface area contributed by atoms with E-state index in [9.17, 15) is 4.79 Å². The van der Waals surface area contributed by atoms with Crippen LogP contribution in [0.4, 0.5) is 11.4 Å². The number of aromatic nitrogens is 2. The van der Waals surface area contributed by atoms with Crippen LogP contribution in [0, 0.1) is 0 Å². The molecule has 0 unspecified atom stereocenters. The minimum Gasteiger partial charge on any atom is -0.399 e. The van der Waals surface area contributed by atoms with Gasteiger partial charge in [0.2, 0.25) is 0 Å². The fourth-order valence-corrected chi connectivity index (χ4v) is 1.58. The summed E-state index contributed by atoms with van der Waals surface area (Å²) in [6.45, 7) is 0. The maximum Gasteiger partial charge on any atom is 0.274 e. The van der Waals surface area contributed by atoms with Gasteiger partial charge in [0.1, 0.15) is 5.69 Å². The number of nitrogens with zero attached hydrogens (tertiary/aromatic N) is 2. The lowest BCUT2D eigenvalue weighted by molar-refractivity contribution is 0.102. The number of nitrogens with two attached hydrogens (primary N) is 1. The van der Waals surface area contributed by atoms with E-state index < -0.39 is 0 Å². The summed E-state index contributed by atoms with van der Waals surface area (Å²) in [5.74, 6) is -0.316. The highest BCUT2D eigenvalue weighted by molar-refractivity contribution is 9.10.